The standard InChI is InChI=1S/C23H29F5N4O4S/c24-20(25)17-13-31(14-17)37(35,36)30-9-1-3-16(12-30)22(34)32-10-2-4-19(32)21(33)29-11-15-5-7-18(8-6-15)23(26,27)28/h5-8,16-17,19-20H,1-4,9-14H2,(H,29,33)/t16-,19+/m0/s1. The maximum Gasteiger partial charge on any atom is 0.416 e. The third-order valence-corrected chi connectivity index (χ3v) is 9.14. The van der Waals surface area contributed by atoms with E-state index in [0.29, 0.717) is 37.8 Å². The highest BCUT2D eigenvalue weighted by atomic mass is 32.2. The van der Waals surface area contributed by atoms with Crippen LogP contribution in [0.3, 0.4) is 0 Å². The van der Waals surface area contributed by atoms with Crippen LogP contribution in [0.4, 0.5) is 22.0 Å². The second-order valence-corrected chi connectivity index (χ2v) is 11.6. The fourth-order valence-electron chi connectivity index (χ4n) is 4.99. The van der Waals surface area contributed by atoms with Gasteiger partial charge in [-0.15, -0.1) is 0 Å². The van der Waals surface area contributed by atoms with Gasteiger partial charge in [0.2, 0.25) is 18.2 Å². The van der Waals surface area contributed by atoms with Gasteiger partial charge in [0.25, 0.3) is 10.2 Å². The number of nitrogens with zero attached hydrogens (tertiary/aromatic N) is 3. The zero-order chi connectivity index (χ0) is 27.0. The zero-order valence-electron chi connectivity index (χ0n) is 20.0. The van der Waals surface area contributed by atoms with Crippen molar-refractivity contribution in [3.05, 3.63) is 35.4 Å². The molecule has 2 atom stereocenters. The molecule has 206 valence electrons. The number of carbonyl (C=O) groups excluding carboxylic acids is 2. The van der Waals surface area contributed by atoms with Gasteiger partial charge in [-0.25, -0.2) is 8.78 Å². The number of amides is 2. The van der Waals surface area contributed by atoms with Crippen molar-refractivity contribution in [2.24, 2.45) is 11.8 Å². The number of benzene rings is 1. The summed E-state index contributed by atoms with van der Waals surface area (Å²) in [6.07, 6.45) is -5.16. The number of alkyl halides is 5. The lowest BCUT2D eigenvalue weighted by atomic mass is 9.97. The lowest BCUT2D eigenvalue weighted by molar-refractivity contribution is -0.142. The zero-order valence-corrected chi connectivity index (χ0v) is 20.8. The fraction of sp³-hybridized carbons (Fsp3) is 0.652. The molecular formula is C23H29F5N4O4S. The van der Waals surface area contributed by atoms with Crippen LogP contribution in [-0.4, -0.2) is 78.9 Å². The van der Waals surface area contributed by atoms with Crippen LogP contribution >= 0.6 is 0 Å². The van der Waals surface area contributed by atoms with E-state index in [2.05, 4.69) is 5.32 Å². The Morgan fingerprint density at radius 2 is 1.62 bits per heavy atom. The predicted octanol–water partition coefficient (Wildman–Crippen LogP) is 2.47. The summed E-state index contributed by atoms with van der Waals surface area (Å²) in [5.74, 6) is -2.40. The van der Waals surface area contributed by atoms with Crippen LogP contribution in [0.15, 0.2) is 24.3 Å². The lowest BCUT2D eigenvalue weighted by Crippen LogP contribution is -2.59. The van der Waals surface area contributed by atoms with Crippen molar-refractivity contribution in [2.75, 3.05) is 32.7 Å². The Hall–Kier alpha value is -2.32. The van der Waals surface area contributed by atoms with Crippen molar-refractivity contribution >= 4 is 22.0 Å². The molecule has 37 heavy (non-hydrogen) atoms. The summed E-state index contributed by atoms with van der Waals surface area (Å²) in [5.41, 5.74) is -0.313. The molecule has 4 rings (SSSR count). The first-order chi connectivity index (χ1) is 17.4. The molecule has 2 amide bonds. The Morgan fingerprint density at radius 3 is 2.24 bits per heavy atom. The van der Waals surface area contributed by atoms with E-state index in [-0.39, 0.29) is 38.6 Å². The molecule has 3 aliphatic heterocycles. The molecule has 0 saturated carbocycles. The first kappa shape index (κ1) is 27.7. The van der Waals surface area contributed by atoms with Gasteiger partial charge < -0.3 is 10.2 Å². The van der Waals surface area contributed by atoms with Gasteiger partial charge in [-0.05, 0) is 43.4 Å². The Kier molecular flexibility index (Phi) is 8.10. The van der Waals surface area contributed by atoms with E-state index in [1.807, 2.05) is 0 Å². The van der Waals surface area contributed by atoms with E-state index in [4.69, 9.17) is 0 Å². The molecule has 3 aliphatic rings. The maximum absolute atomic E-state index is 13.3. The third kappa shape index (κ3) is 6.06. The number of carbonyl (C=O) groups is 2. The molecule has 3 heterocycles. The van der Waals surface area contributed by atoms with E-state index < -0.39 is 52.2 Å². The highest BCUT2D eigenvalue weighted by Crippen LogP contribution is 2.31. The topological polar surface area (TPSA) is 90.0 Å². The largest absolute Gasteiger partial charge is 0.416 e. The normalized spacial score (nSPS) is 24.3. The summed E-state index contributed by atoms with van der Waals surface area (Å²) in [5, 5.41) is 2.67. The summed E-state index contributed by atoms with van der Waals surface area (Å²) in [6, 6.07) is 3.67. The number of halogens is 5. The lowest BCUT2D eigenvalue weighted by Gasteiger charge is -2.42. The van der Waals surface area contributed by atoms with Crippen LogP contribution in [-0.2, 0) is 32.5 Å². The van der Waals surface area contributed by atoms with Gasteiger partial charge >= 0.3 is 6.18 Å². The molecule has 1 aromatic carbocycles. The molecule has 3 saturated heterocycles. The van der Waals surface area contributed by atoms with Gasteiger partial charge in [0, 0.05) is 45.2 Å². The third-order valence-electron chi connectivity index (χ3n) is 7.21. The molecular weight excluding hydrogens is 523 g/mol. The Balaban J connectivity index is 1.33. The molecule has 0 aliphatic carbocycles. The minimum Gasteiger partial charge on any atom is -0.350 e. The molecule has 14 heteroatoms. The molecule has 0 bridgehead atoms. The van der Waals surface area contributed by atoms with Crippen molar-refractivity contribution in [2.45, 2.75) is 50.9 Å². The fourth-order valence-corrected chi connectivity index (χ4v) is 6.80. The van der Waals surface area contributed by atoms with E-state index in [9.17, 15) is 40.0 Å². The summed E-state index contributed by atoms with van der Waals surface area (Å²) < 4.78 is 91.6. The smallest absolute Gasteiger partial charge is 0.350 e. The molecule has 8 nitrogen and oxygen atoms in total. The minimum absolute atomic E-state index is 0.000394. The molecule has 1 aromatic rings. The quantitative estimate of drug-likeness (QED) is 0.527. The number of hydrogen-bond donors (Lipinski definition) is 1. The van der Waals surface area contributed by atoms with Crippen LogP contribution in [0.5, 0.6) is 0 Å². The molecule has 3 fully saturated rings. The average Bonchev–Trinajstić information content (AvgIpc) is 3.30. The molecule has 0 aromatic heterocycles. The second-order valence-electron chi connectivity index (χ2n) is 9.72. The van der Waals surface area contributed by atoms with Crippen LogP contribution in [0.1, 0.15) is 36.8 Å². The average molecular weight is 553 g/mol. The summed E-state index contributed by atoms with van der Waals surface area (Å²) >= 11 is 0. The van der Waals surface area contributed by atoms with E-state index >= 15 is 0 Å². The van der Waals surface area contributed by atoms with Crippen LogP contribution in [0.2, 0.25) is 0 Å². The summed E-state index contributed by atoms with van der Waals surface area (Å²) in [7, 11) is -3.95. The predicted molar refractivity (Wildman–Crippen MR) is 122 cm³/mol. The highest BCUT2D eigenvalue weighted by Gasteiger charge is 2.46. The van der Waals surface area contributed by atoms with Gasteiger partial charge in [0.1, 0.15) is 6.04 Å². The number of likely N-dealkylation sites (tertiary alicyclic amines) is 1. The van der Waals surface area contributed by atoms with Crippen molar-refractivity contribution in [3.8, 4) is 0 Å². The number of nitrogens with one attached hydrogen (secondary N) is 1. The van der Waals surface area contributed by atoms with Crippen LogP contribution in [0, 0.1) is 11.8 Å². The van der Waals surface area contributed by atoms with Gasteiger partial charge in [0.05, 0.1) is 11.5 Å². The molecule has 1 N–H and O–H groups in total. The minimum atomic E-state index is -4.45. The van der Waals surface area contributed by atoms with Crippen molar-refractivity contribution < 1.29 is 40.0 Å². The van der Waals surface area contributed by atoms with Gasteiger partial charge in [0.15, 0.2) is 0 Å². The first-order valence-electron chi connectivity index (χ1n) is 12.2. The monoisotopic (exact) mass is 552 g/mol. The number of rotatable bonds is 7. The van der Waals surface area contributed by atoms with Crippen molar-refractivity contribution in [1.29, 1.82) is 0 Å². The number of hydrogen-bond acceptors (Lipinski definition) is 4. The van der Waals surface area contributed by atoms with Crippen molar-refractivity contribution in [3.63, 3.8) is 0 Å². The summed E-state index contributed by atoms with van der Waals surface area (Å²) in [4.78, 5) is 27.6. The Morgan fingerprint density at radius 1 is 0.973 bits per heavy atom. The van der Waals surface area contributed by atoms with Gasteiger partial charge in [-0.1, -0.05) is 12.1 Å². The van der Waals surface area contributed by atoms with Crippen molar-refractivity contribution in [1.82, 2.24) is 18.8 Å². The summed E-state index contributed by atoms with van der Waals surface area (Å²) in [6.45, 7) is -0.0414. The van der Waals surface area contributed by atoms with E-state index in [1.165, 1.54) is 17.0 Å². The van der Waals surface area contributed by atoms with E-state index in [0.717, 1.165) is 20.7 Å². The number of piperidine rings is 1. The molecule has 0 spiro atoms. The molecule has 0 radical (unpaired) electrons. The van der Waals surface area contributed by atoms with Gasteiger partial charge in [-0.3, -0.25) is 9.59 Å². The van der Waals surface area contributed by atoms with E-state index in [1.54, 1.807) is 0 Å². The second kappa shape index (κ2) is 10.8. The SMILES string of the molecule is O=C(NCc1ccc(C(F)(F)F)cc1)[C@H]1CCCN1C(=O)[C@H]1CCCN(S(=O)(=O)N2CC(C(F)F)C2)C1. The van der Waals surface area contributed by atoms with Gasteiger partial charge in [-0.2, -0.15) is 30.2 Å². The van der Waals surface area contributed by atoms with Crippen LogP contribution < -0.4 is 5.32 Å². The van der Waals surface area contributed by atoms with Crippen LogP contribution in [0.25, 0.3) is 0 Å². The first-order valence-corrected chi connectivity index (χ1v) is 13.6. The molecule has 0 unspecified atom stereocenters. The maximum atomic E-state index is 13.3. The Bertz CT molecular complexity index is 1090. The Labute approximate surface area is 211 Å². The highest BCUT2D eigenvalue weighted by molar-refractivity contribution is 7.86.